The van der Waals surface area contributed by atoms with Crippen molar-refractivity contribution in [2.45, 2.75) is 0 Å². The molecule has 0 rings (SSSR count). The Morgan fingerprint density at radius 2 is 0.800 bits per heavy atom. The van der Waals surface area contributed by atoms with Crippen LogP contribution in [0.2, 0.25) is 0 Å². The molecular weight excluding hydrogens is 385 g/mol. The molecule has 0 amide bonds. The van der Waals surface area contributed by atoms with Crippen molar-refractivity contribution in [1.82, 2.24) is 0 Å². The second-order valence-electron chi connectivity index (χ2n) is 0.606. The molecule has 0 aromatic rings. The van der Waals surface area contributed by atoms with Gasteiger partial charge in [-0.05, 0) is 0 Å². The molecule has 0 saturated heterocycles. The van der Waals surface area contributed by atoms with Crippen LogP contribution in [-0.4, -0.2) is 0 Å². The van der Waals surface area contributed by atoms with Gasteiger partial charge in [0.15, 0.2) is 0 Å². The van der Waals surface area contributed by atoms with E-state index in [1.807, 2.05) is 0 Å². The third-order valence-corrected chi connectivity index (χ3v) is 0. The van der Waals surface area contributed by atoms with E-state index >= 15 is 0 Å². The first-order valence-electron chi connectivity index (χ1n) is 1.07. The molecule has 0 heterocycles. The summed E-state index contributed by atoms with van der Waals surface area (Å²) >= 11 is 13.4. The fourth-order valence-corrected chi connectivity index (χ4v) is 0. The van der Waals surface area contributed by atoms with Gasteiger partial charge in [0.2, 0.25) is 0 Å². The first-order valence-corrected chi connectivity index (χ1v) is 28.9. The van der Waals surface area contributed by atoms with Gasteiger partial charge < -0.3 is 0 Å². The van der Waals surface area contributed by atoms with E-state index in [1.165, 1.54) is 0 Å². The van der Waals surface area contributed by atoms with E-state index in [-0.39, 0.29) is 0 Å². The molecule has 0 unspecified atom stereocenters. The Bertz CT molecular complexity index is 19.1. The number of rotatable bonds is 0. The van der Waals surface area contributed by atoms with Crippen molar-refractivity contribution >= 4 is 54.5 Å². The predicted molar refractivity (Wildman–Crippen MR) is 35.7 cm³/mol. The zero-order valence-corrected chi connectivity index (χ0v) is 11.5. The standard InChI is InChI=1S/4BrH.Zn/h4*1H;/q;;;;+4/p-4. The average molecular weight is 385 g/mol. The zero-order chi connectivity index (χ0) is 4.50. The monoisotopic (exact) mass is 380 g/mol. The Kier molecular flexibility index (Phi) is 4.16. The van der Waals surface area contributed by atoms with Crippen LogP contribution < -0.4 is 0 Å². The van der Waals surface area contributed by atoms with Gasteiger partial charge in [0.25, 0.3) is 0 Å². The fourth-order valence-electron chi connectivity index (χ4n) is 0. The first kappa shape index (κ1) is 7.54. The summed E-state index contributed by atoms with van der Waals surface area (Å²) in [5.74, 6) is 0. The number of hydrogen-bond acceptors (Lipinski definition) is 0. The molecule has 0 aromatic heterocycles. The van der Waals surface area contributed by atoms with Gasteiger partial charge in [0.1, 0.15) is 0 Å². The van der Waals surface area contributed by atoms with Gasteiger partial charge in [-0.3, -0.25) is 0 Å². The molecule has 0 N–H and O–H groups in total. The summed E-state index contributed by atoms with van der Waals surface area (Å²) in [6, 6.07) is 0. The third kappa shape index (κ3) is 20.9. The molecule has 0 aliphatic carbocycles. The van der Waals surface area contributed by atoms with E-state index in [1.54, 1.807) is 0 Å². The van der Waals surface area contributed by atoms with Crippen molar-refractivity contribution in [2.24, 2.45) is 0 Å². The zero-order valence-electron chi connectivity index (χ0n) is 2.22. The van der Waals surface area contributed by atoms with Crippen molar-refractivity contribution < 1.29 is 6.94 Å². The van der Waals surface area contributed by atoms with Crippen molar-refractivity contribution in [3.63, 3.8) is 0 Å². The molecule has 0 saturated carbocycles. The van der Waals surface area contributed by atoms with Crippen LogP contribution in [0, 0.1) is 0 Å². The van der Waals surface area contributed by atoms with Crippen LogP contribution in [0.25, 0.3) is 0 Å². The molecule has 0 nitrogen and oxygen atoms in total. The quantitative estimate of drug-likeness (QED) is 0.562. The minimum absolute atomic E-state index is 2.00. The topological polar surface area (TPSA) is 0 Å². The summed E-state index contributed by atoms with van der Waals surface area (Å²) in [4.78, 5) is 0. The molecule has 0 aliphatic heterocycles. The Hall–Kier alpha value is 2.54. The van der Waals surface area contributed by atoms with Crippen LogP contribution in [-0.2, 0) is 6.94 Å². The average Bonchev–Trinajstić information content (AvgIpc) is 0.722. The summed E-state index contributed by atoms with van der Waals surface area (Å²) in [6.45, 7) is -2.00. The molecule has 5 heavy (non-hydrogen) atoms. The van der Waals surface area contributed by atoms with Crippen molar-refractivity contribution in [3.8, 4) is 0 Å². The first-order chi connectivity index (χ1) is 2.00. The molecule has 0 bridgehead atoms. The van der Waals surface area contributed by atoms with Crippen LogP contribution in [0.3, 0.4) is 0 Å². The van der Waals surface area contributed by atoms with E-state index in [0.29, 0.717) is 0 Å². The molecule has 0 fully saturated rings. The van der Waals surface area contributed by atoms with Crippen LogP contribution in [0.4, 0.5) is 0 Å². The third-order valence-electron chi connectivity index (χ3n) is 0. The summed E-state index contributed by atoms with van der Waals surface area (Å²) in [5, 5.41) is 0. The van der Waals surface area contributed by atoms with Crippen LogP contribution in [0.15, 0.2) is 0 Å². The molecular formula is Br4Zn. The Balaban J connectivity index is 3.02. The SMILES string of the molecule is [Br][Zn]([Br])([Br])[Br]. The number of hydrogen-bond donors (Lipinski definition) is 0. The molecule has 0 aromatic carbocycles. The van der Waals surface area contributed by atoms with Gasteiger partial charge >= 0.3 is 61.4 Å². The summed E-state index contributed by atoms with van der Waals surface area (Å²) in [6.07, 6.45) is 0. The van der Waals surface area contributed by atoms with Crippen molar-refractivity contribution in [2.75, 3.05) is 0 Å². The molecule has 0 atom stereocenters. The van der Waals surface area contributed by atoms with E-state index in [2.05, 4.69) is 54.5 Å². The van der Waals surface area contributed by atoms with E-state index in [0.717, 1.165) is 0 Å². The van der Waals surface area contributed by atoms with Gasteiger partial charge in [0, 0.05) is 0 Å². The van der Waals surface area contributed by atoms with Gasteiger partial charge in [-0.15, -0.1) is 0 Å². The minimum atomic E-state index is -2.00. The van der Waals surface area contributed by atoms with Crippen LogP contribution in [0.1, 0.15) is 0 Å². The predicted octanol–water partition coefficient (Wildman–Crippen LogP) is 3.38. The van der Waals surface area contributed by atoms with E-state index < -0.39 is 6.94 Å². The molecule has 30 valence electrons. The van der Waals surface area contributed by atoms with E-state index in [9.17, 15) is 0 Å². The Morgan fingerprint density at radius 1 is 0.800 bits per heavy atom. The summed E-state index contributed by atoms with van der Waals surface area (Å²) in [7, 11) is 0. The summed E-state index contributed by atoms with van der Waals surface area (Å²) < 4.78 is 0. The van der Waals surface area contributed by atoms with Gasteiger partial charge in [-0.2, -0.15) is 0 Å². The van der Waals surface area contributed by atoms with E-state index in [4.69, 9.17) is 0 Å². The number of halogens is 4. The second-order valence-corrected chi connectivity index (χ2v) is 85.0. The maximum atomic E-state index is 3.34. The normalized spacial score (nSPS) is 8.80. The molecule has 5 heteroatoms. The van der Waals surface area contributed by atoms with Crippen molar-refractivity contribution in [1.29, 1.82) is 0 Å². The van der Waals surface area contributed by atoms with Gasteiger partial charge in [-0.1, -0.05) is 0 Å². The Labute approximate surface area is 60.3 Å². The fraction of sp³-hybridized carbons (Fsp3) is 0. The molecule has 0 radical (unpaired) electrons. The second kappa shape index (κ2) is 2.75. The molecule has 0 aliphatic rings. The van der Waals surface area contributed by atoms with Gasteiger partial charge in [0.05, 0.1) is 0 Å². The Morgan fingerprint density at radius 3 is 0.800 bits per heavy atom. The van der Waals surface area contributed by atoms with Crippen LogP contribution >= 0.6 is 54.5 Å². The van der Waals surface area contributed by atoms with Crippen molar-refractivity contribution in [3.05, 3.63) is 0 Å². The van der Waals surface area contributed by atoms with Crippen LogP contribution in [0.5, 0.6) is 0 Å². The van der Waals surface area contributed by atoms with Gasteiger partial charge in [-0.25, -0.2) is 0 Å². The summed E-state index contributed by atoms with van der Waals surface area (Å²) in [5.41, 5.74) is 0. The maximum absolute atomic E-state index is 3.34. The molecule has 0 spiro atoms.